The van der Waals surface area contributed by atoms with E-state index >= 15 is 0 Å². The number of carbonyl (C=O) groups excluding carboxylic acids is 3. The van der Waals surface area contributed by atoms with E-state index in [1.165, 1.54) is 0 Å². The van der Waals surface area contributed by atoms with Gasteiger partial charge in [0.1, 0.15) is 11.8 Å². The van der Waals surface area contributed by atoms with Gasteiger partial charge in [-0.2, -0.15) is 13.2 Å². The molecule has 10 nitrogen and oxygen atoms in total. The van der Waals surface area contributed by atoms with Crippen LogP contribution >= 0.6 is 11.6 Å². The highest BCUT2D eigenvalue weighted by molar-refractivity contribution is 6.30. The second-order valence-electron chi connectivity index (χ2n) is 8.38. The number of hydrogen-bond donors (Lipinski definition) is 5. The summed E-state index contributed by atoms with van der Waals surface area (Å²) in [5.74, 6) is -3.34. The van der Waals surface area contributed by atoms with E-state index in [4.69, 9.17) is 32.0 Å². The van der Waals surface area contributed by atoms with E-state index in [1.807, 2.05) is 37.3 Å². The summed E-state index contributed by atoms with van der Waals surface area (Å²) >= 11 is 6.07. The van der Waals surface area contributed by atoms with E-state index in [0.717, 1.165) is 5.56 Å². The third-order valence-electron chi connectivity index (χ3n) is 5.13. The number of carboxylic acids is 1. The van der Waals surface area contributed by atoms with E-state index in [-0.39, 0.29) is 30.9 Å². The van der Waals surface area contributed by atoms with Crippen LogP contribution in [-0.4, -0.2) is 60.2 Å². The Morgan fingerprint density at radius 3 is 2.25 bits per heavy atom. The first-order valence-corrected chi connectivity index (χ1v) is 12.5. The van der Waals surface area contributed by atoms with Crippen molar-refractivity contribution in [2.75, 3.05) is 13.2 Å². The number of hydrogen-bond acceptors (Lipinski definition) is 6. The molecule has 6 N–H and O–H groups in total. The topological polar surface area (TPSA) is 160 Å². The van der Waals surface area contributed by atoms with Crippen LogP contribution in [-0.2, 0) is 32.1 Å². The first-order chi connectivity index (χ1) is 18.7. The summed E-state index contributed by atoms with van der Waals surface area (Å²) in [4.78, 5) is 45.4. The molecule has 0 saturated carbocycles. The Kier molecular flexibility index (Phi) is 14.5. The molecule has 3 amide bonds. The Hall–Kier alpha value is -3.84. The van der Waals surface area contributed by atoms with Crippen molar-refractivity contribution < 1.29 is 42.2 Å². The molecular formula is C26H32ClF3N4O6. The SMILES string of the molecule is CCNC(=O)COc1ccc(Cl)cc1CNC(=O)[C@H](C)NC(=O)[C@H](N)CCc1ccccc1.O=C(O)C(F)(F)F. The van der Waals surface area contributed by atoms with Gasteiger partial charge < -0.3 is 31.5 Å². The molecule has 0 spiro atoms. The third-order valence-corrected chi connectivity index (χ3v) is 5.36. The third kappa shape index (κ3) is 13.3. The molecule has 14 heteroatoms. The Labute approximate surface area is 234 Å². The molecule has 0 heterocycles. The summed E-state index contributed by atoms with van der Waals surface area (Å²) in [5, 5.41) is 15.6. The number of carbonyl (C=O) groups is 4. The molecule has 0 aromatic heterocycles. The maximum Gasteiger partial charge on any atom is 0.490 e. The molecule has 0 saturated heterocycles. The fraction of sp³-hybridized carbons (Fsp3) is 0.385. The van der Waals surface area contributed by atoms with Crippen molar-refractivity contribution in [1.29, 1.82) is 0 Å². The maximum atomic E-state index is 12.5. The van der Waals surface area contributed by atoms with Crippen LogP contribution in [0.1, 0.15) is 31.4 Å². The second-order valence-corrected chi connectivity index (χ2v) is 8.81. The number of nitrogens with one attached hydrogen (secondary N) is 3. The summed E-state index contributed by atoms with van der Waals surface area (Å²) in [6, 6.07) is 13.2. The van der Waals surface area contributed by atoms with Crippen LogP contribution in [0.5, 0.6) is 5.75 Å². The molecule has 2 rings (SSSR count). The average Bonchev–Trinajstić information content (AvgIpc) is 2.90. The lowest BCUT2D eigenvalue weighted by molar-refractivity contribution is -0.192. The molecule has 2 atom stereocenters. The number of rotatable bonds is 12. The molecule has 0 unspecified atom stereocenters. The van der Waals surface area contributed by atoms with E-state index in [0.29, 0.717) is 35.7 Å². The van der Waals surface area contributed by atoms with Gasteiger partial charge in [-0.3, -0.25) is 14.4 Å². The number of nitrogens with two attached hydrogens (primary N) is 1. The Morgan fingerprint density at radius 2 is 1.68 bits per heavy atom. The Morgan fingerprint density at radius 1 is 1.05 bits per heavy atom. The molecule has 0 fully saturated rings. The van der Waals surface area contributed by atoms with E-state index in [2.05, 4.69) is 16.0 Å². The lowest BCUT2D eigenvalue weighted by Gasteiger charge is -2.18. The predicted molar refractivity (Wildman–Crippen MR) is 142 cm³/mol. The summed E-state index contributed by atoms with van der Waals surface area (Å²) in [5.41, 5.74) is 7.69. The van der Waals surface area contributed by atoms with Crippen LogP contribution in [0.15, 0.2) is 48.5 Å². The lowest BCUT2D eigenvalue weighted by Crippen LogP contribution is -2.50. The zero-order valence-electron chi connectivity index (χ0n) is 21.9. The van der Waals surface area contributed by atoms with Gasteiger partial charge in [-0.1, -0.05) is 41.9 Å². The molecular weight excluding hydrogens is 557 g/mol. The van der Waals surface area contributed by atoms with Crippen LogP contribution in [0.3, 0.4) is 0 Å². The number of amides is 3. The number of likely N-dealkylation sites (N-methyl/N-ethyl adjacent to an activating group) is 1. The number of halogens is 4. The van der Waals surface area contributed by atoms with Gasteiger partial charge >= 0.3 is 12.1 Å². The highest BCUT2D eigenvalue weighted by Gasteiger charge is 2.38. The maximum absolute atomic E-state index is 12.5. The minimum absolute atomic E-state index is 0.115. The first kappa shape index (κ1) is 34.2. The minimum atomic E-state index is -5.08. The molecule has 2 aromatic carbocycles. The van der Waals surface area contributed by atoms with Gasteiger partial charge in [0.15, 0.2) is 6.61 Å². The number of carboxylic acid groups (broad SMARTS) is 1. The highest BCUT2D eigenvalue weighted by Crippen LogP contribution is 2.23. The van der Waals surface area contributed by atoms with Crippen LogP contribution < -0.4 is 26.4 Å². The molecule has 0 radical (unpaired) electrons. The molecule has 0 aliphatic carbocycles. The van der Waals surface area contributed by atoms with Crippen molar-refractivity contribution in [3.63, 3.8) is 0 Å². The van der Waals surface area contributed by atoms with Crippen molar-refractivity contribution in [2.24, 2.45) is 5.73 Å². The van der Waals surface area contributed by atoms with Crippen molar-refractivity contribution in [3.8, 4) is 5.75 Å². The normalized spacial score (nSPS) is 12.2. The number of aliphatic carboxylic acids is 1. The van der Waals surface area contributed by atoms with Crippen molar-refractivity contribution in [1.82, 2.24) is 16.0 Å². The van der Waals surface area contributed by atoms with E-state index < -0.39 is 24.2 Å². The van der Waals surface area contributed by atoms with Gasteiger partial charge in [0.05, 0.1) is 6.04 Å². The minimum Gasteiger partial charge on any atom is -0.483 e. The predicted octanol–water partition coefficient (Wildman–Crippen LogP) is 2.57. The van der Waals surface area contributed by atoms with E-state index in [1.54, 1.807) is 25.1 Å². The van der Waals surface area contributed by atoms with Crippen LogP contribution in [0.2, 0.25) is 5.02 Å². The van der Waals surface area contributed by atoms with Gasteiger partial charge in [0.25, 0.3) is 5.91 Å². The van der Waals surface area contributed by atoms with Crippen molar-refractivity contribution >= 4 is 35.3 Å². The fourth-order valence-electron chi connectivity index (χ4n) is 3.04. The number of ether oxygens (including phenoxy) is 1. The summed E-state index contributed by atoms with van der Waals surface area (Å²) in [6.45, 7) is 3.87. The van der Waals surface area contributed by atoms with Gasteiger partial charge in [0, 0.05) is 23.7 Å². The lowest BCUT2D eigenvalue weighted by atomic mass is 10.1. The van der Waals surface area contributed by atoms with Crippen LogP contribution in [0, 0.1) is 0 Å². The Balaban J connectivity index is 0.00000101. The molecule has 2 aromatic rings. The summed E-state index contributed by atoms with van der Waals surface area (Å²) in [6.07, 6.45) is -3.94. The van der Waals surface area contributed by atoms with Gasteiger partial charge in [-0.15, -0.1) is 0 Å². The first-order valence-electron chi connectivity index (χ1n) is 12.1. The molecule has 40 heavy (non-hydrogen) atoms. The van der Waals surface area contributed by atoms with Gasteiger partial charge in [-0.05, 0) is 50.5 Å². The molecule has 0 aliphatic heterocycles. The molecule has 220 valence electrons. The van der Waals surface area contributed by atoms with Gasteiger partial charge in [-0.25, -0.2) is 4.79 Å². The molecule has 0 bridgehead atoms. The van der Waals surface area contributed by atoms with Crippen LogP contribution in [0.4, 0.5) is 13.2 Å². The average molecular weight is 589 g/mol. The number of aryl methyl sites for hydroxylation is 1. The zero-order chi connectivity index (χ0) is 30.3. The fourth-order valence-corrected chi connectivity index (χ4v) is 3.23. The highest BCUT2D eigenvalue weighted by atomic mass is 35.5. The van der Waals surface area contributed by atoms with E-state index in [9.17, 15) is 27.6 Å². The second kappa shape index (κ2) is 17.0. The largest absolute Gasteiger partial charge is 0.490 e. The summed E-state index contributed by atoms with van der Waals surface area (Å²) < 4.78 is 37.3. The quantitative estimate of drug-likeness (QED) is 0.255. The monoisotopic (exact) mass is 588 g/mol. The van der Waals surface area contributed by atoms with Crippen LogP contribution in [0.25, 0.3) is 0 Å². The Bertz CT molecular complexity index is 1140. The van der Waals surface area contributed by atoms with Crippen molar-refractivity contribution in [2.45, 2.75) is 51.5 Å². The standard InChI is InChI=1S/C24H31ClN4O4.C2HF3O2/c1-3-27-22(30)15-33-21-12-10-19(25)13-18(21)14-28-23(31)16(2)29-24(32)20(26)11-9-17-7-5-4-6-8-17;3-2(4,5)1(6)7/h4-8,10,12-13,16,20H,3,9,11,14-15,26H2,1-2H3,(H,27,30)(H,28,31)(H,29,32);(H,6,7)/t16-,20+;/m0./s1. The zero-order valence-corrected chi connectivity index (χ0v) is 22.6. The molecule has 0 aliphatic rings. The summed E-state index contributed by atoms with van der Waals surface area (Å²) in [7, 11) is 0. The number of alkyl halides is 3. The van der Waals surface area contributed by atoms with Crippen molar-refractivity contribution in [3.05, 3.63) is 64.7 Å². The van der Waals surface area contributed by atoms with Gasteiger partial charge in [0.2, 0.25) is 11.8 Å². The smallest absolute Gasteiger partial charge is 0.483 e. The number of benzene rings is 2.